The van der Waals surface area contributed by atoms with Crippen molar-refractivity contribution in [1.29, 1.82) is 0 Å². The maximum Gasteiger partial charge on any atom is 0.270 e. The number of halogens is 2. The molecule has 3 aromatic rings. The van der Waals surface area contributed by atoms with Gasteiger partial charge in [-0.1, -0.05) is 13.8 Å². The molecule has 8 nitrogen and oxygen atoms in total. The Bertz CT molecular complexity index is 1220. The Kier molecular flexibility index (Phi) is 7.70. The Hall–Kier alpha value is -3.40. The Labute approximate surface area is 201 Å². The van der Waals surface area contributed by atoms with Gasteiger partial charge in [0.2, 0.25) is 0 Å². The number of pyridine rings is 3. The molecule has 0 bridgehead atoms. The summed E-state index contributed by atoms with van der Waals surface area (Å²) >= 11 is 0. The van der Waals surface area contributed by atoms with E-state index >= 15 is 0 Å². The Morgan fingerprint density at radius 2 is 1.97 bits per heavy atom. The summed E-state index contributed by atoms with van der Waals surface area (Å²) < 4.78 is 31.7. The van der Waals surface area contributed by atoms with Crippen LogP contribution in [0.1, 0.15) is 61.2 Å². The van der Waals surface area contributed by atoms with Gasteiger partial charge in [-0.3, -0.25) is 19.5 Å². The van der Waals surface area contributed by atoms with Gasteiger partial charge in [-0.05, 0) is 49.1 Å². The van der Waals surface area contributed by atoms with Crippen LogP contribution in [0.15, 0.2) is 41.5 Å². The minimum Gasteiger partial charge on any atom is -0.486 e. The molecule has 1 amide bonds. The number of alkyl halides is 2. The monoisotopic (exact) mass is 485 g/mol. The first-order chi connectivity index (χ1) is 16.9. The van der Waals surface area contributed by atoms with E-state index in [0.717, 1.165) is 30.9 Å². The topological polar surface area (TPSA) is 100 Å². The number of hydrogen-bond acceptors (Lipinski definition) is 6. The van der Waals surface area contributed by atoms with Crippen molar-refractivity contribution in [3.8, 4) is 5.75 Å². The summed E-state index contributed by atoms with van der Waals surface area (Å²) in [6.45, 7) is 5.99. The summed E-state index contributed by atoms with van der Waals surface area (Å²) in [5.74, 6) is 0.455. The molecule has 0 radical (unpaired) electrons. The molecule has 1 saturated carbocycles. The maximum atomic E-state index is 12.9. The molecule has 0 atom stereocenters. The van der Waals surface area contributed by atoms with Crippen molar-refractivity contribution in [2.75, 3.05) is 13.1 Å². The molecule has 35 heavy (non-hydrogen) atoms. The standard InChI is InChI=1S/C23H23F2N5O3.C2H6/c24-21(25)17-7-19-20(29-22(17)31)6-13(8-26-19)10-30-11-16(12-30)33-15-4-5-18(27-9-15)23(32)28-14-2-1-3-14;1-2/h4-9,14,16,21H,1-3,10-12H2,(H,28,32)(H,29,31);1-2H3. The van der Waals surface area contributed by atoms with Crippen molar-refractivity contribution in [1.82, 2.24) is 25.2 Å². The number of nitrogens with zero attached hydrogens (tertiary/aromatic N) is 3. The molecule has 4 heterocycles. The van der Waals surface area contributed by atoms with Crippen LogP contribution >= 0.6 is 0 Å². The molecule has 1 aliphatic heterocycles. The largest absolute Gasteiger partial charge is 0.486 e. The fourth-order valence-electron chi connectivity index (χ4n) is 3.96. The highest BCUT2D eigenvalue weighted by atomic mass is 19.3. The number of carbonyl (C=O) groups is 1. The third-order valence-corrected chi connectivity index (χ3v) is 6.05. The van der Waals surface area contributed by atoms with Crippen LogP contribution in [0.5, 0.6) is 5.75 Å². The smallest absolute Gasteiger partial charge is 0.270 e. The summed E-state index contributed by atoms with van der Waals surface area (Å²) in [5, 5.41) is 2.96. The van der Waals surface area contributed by atoms with Crippen LogP contribution in [0.4, 0.5) is 8.78 Å². The molecule has 10 heteroatoms. The lowest BCUT2D eigenvalue weighted by Crippen LogP contribution is -2.53. The summed E-state index contributed by atoms with van der Waals surface area (Å²) in [4.78, 5) is 37.0. The third kappa shape index (κ3) is 5.82. The second kappa shape index (κ2) is 10.9. The van der Waals surface area contributed by atoms with Crippen LogP contribution in [0.3, 0.4) is 0 Å². The third-order valence-electron chi connectivity index (χ3n) is 6.05. The van der Waals surface area contributed by atoms with Crippen molar-refractivity contribution in [2.45, 2.75) is 58.2 Å². The van der Waals surface area contributed by atoms with E-state index in [-0.39, 0.29) is 18.1 Å². The number of ether oxygens (including phenoxy) is 1. The number of hydrogen-bond donors (Lipinski definition) is 2. The zero-order chi connectivity index (χ0) is 24.9. The van der Waals surface area contributed by atoms with E-state index < -0.39 is 17.5 Å². The molecule has 0 unspecified atom stereocenters. The molecule has 2 aliphatic rings. The highest BCUT2D eigenvalue weighted by Gasteiger charge is 2.29. The summed E-state index contributed by atoms with van der Waals surface area (Å²) in [7, 11) is 0. The molecule has 0 spiro atoms. The van der Waals surface area contributed by atoms with Crippen molar-refractivity contribution in [3.63, 3.8) is 0 Å². The van der Waals surface area contributed by atoms with Gasteiger partial charge in [0, 0.05) is 31.9 Å². The van der Waals surface area contributed by atoms with E-state index in [1.165, 1.54) is 0 Å². The molecular weight excluding hydrogens is 456 g/mol. The van der Waals surface area contributed by atoms with E-state index in [0.29, 0.717) is 42.1 Å². The highest BCUT2D eigenvalue weighted by Crippen LogP contribution is 2.22. The SMILES string of the molecule is CC.O=C(NC1CCC1)c1ccc(OC2CN(Cc3cnc4cc(C(F)F)c(=O)[nH]c4c3)C2)cn1. The summed E-state index contributed by atoms with van der Waals surface area (Å²) in [6.07, 6.45) is 3.56. The lowest BCUT2D eigenvalue weighted by molar-refractivity contribution is 0.0143. The number of fused-ring (bicyclic) bond motifs is 1. The van der Waals surface area contributed by atoms with E-state index in [9.17, 15) is 18.4 Å². The quantitative estimate of drug-likeness (QED) is 0.528. The zero-order valence-electron chi connectivity index (χ0n) is 19.8. The first kappa shape index (κ1) is 24.7. The number of aromatic amines is 1. The van der Waals surface area contributed by atoms with Crippen LogP contribution < -0.4 is 15.6 Å². The van der Waals surface area contributed by atoms with Gasteiger partial charge < -0.3 is 15.0 Å². The molecule has 2 N–H and O–H groups in total. The van der Waals surface area contributed by atoms with Gasteiger partial charge in [0.05, 0.1) is 22.8 Å². The maximum absolute atomic E-state index is 12.9. The lowest BCUT2D eigenvalue weighted by atomic mass is 9.93. The fourth-order valence-corrected chi connectivity index (χ4v) is 3.96. The van der Waals surface area contributed by atoms with Gasteiger partial charge >= 0.3 is 0 Å². The second-order valence-electron chi connectivity index (χ2n) is 8.55. The van der Waals surface area contributed by atoms with Gasteiger partial charge in [-0.2, -0.15) is 0 Å². The fraction of sp³-hybridized carbons (Fsp3) is 0.440. The predicted molar refractivity (Wildman–Crippen MR) is 128 cm³/mol. The number of likely N-dealkylation sites (tertiary alicyclic amines) is 1. The highest BCUT2D eigenvalue weighted by molar-refractivity contribution is 5.92. The first-order valence-electron chi connectivity index (χ1n) is 11.9. The van der Waals surface area contributed by atoms with Gasteiger partial charge in [0.25, 0.3) is 17.9 Å². The van der Waals surface area contributed by atoms with E-state index in [2.05, 4.69) is 25.2 Å². The van der Waals surface area contributed by atoms with Crippen molar-refractivity contribution in [2.24, 2.45) is 0 Å². The van der Waals surface area contributed by atoms with Crippen molar-refractivity contribution < 1.29 is 18.3 Å². The molecule has 5 rings (SSSR count). The Morgan fingerprint density at radius 1 is 1.20 bits per heavy atom. The lowest BCUT2D eigenvalue weighted by Gasteiger charge is -2.38. The summed E-state index contributed by atoms with van der Waals surface area (Å²) in [5.41, 5.74) is 0.636. The van der Waals surface area contributed by atoms with E-state index in [1.54, 1.807) is 30.6 Å². The van der Waals surface area contributed by atoms with E-state index in [1.807, 2.05) is 13.8 Å². The number of aromatic nitrogens is 3. The van der Waals surface area contributed by atoms with Gasteiger partial charge in [0.15, 0.2) is 0 Å². The van der Waals surface area contributed by atoms with Crippen LogP contribution in [0.25, 0.3) is 11.0 Å². The molecule has 186 valence electrons. The number of carbonyl (C=O) groups excluding carboxylic acids is 1. The number of H-pyrrole nitrogens is 1. The van der Waals surface area contributed by atoms with Crippen LogP contribution in [0, 0.1) is 0 Å². The average molecular weight is 486 g/mol. The Morgan fingerprint density at radius 3 is 2.60 bits per heavy atom. The van der Waals surface area contributed by atoms with Crippen LogP contribution in [-0.4, -0.2) is 51.0 Å². The zero-order valence-corrected chi connectivity index (χ0v) is 19.8. The molecule has 3 aromatic heterocycles. The molecular formula is C25H29F2N5O3. The second-order valence-corrected chi connectivity index (χ2v) is 8.55. The molecule has 1 saturated heterocycles. The number of amides is 1. The normalized spacial score (nSPS) is 16.3. The number of rotatable bonds is 7. The molecule has 2 fully saturated rings. The number of nitrogens with one attached hydrogen (secondary N) is 2. The minimum absolute atomic E-state index is 0.00303. The predicted octanol–water partition coefficient (Wildman–Crippen LogP) is 3.83. The minimum atomic E-state index is -2.84. The van der Waals surface area contributed by atoms with Gasteiger partial charge in [0.1, 0.15) is 17.5 Å². The van der Waals surface area contributed by atoms with Crippen LogP contribution in [0.2, 0.25) is 0 Å². The average Bonchev–Trinajstić information content (AvgIpc) is 2.81. The van der Waals surface area contributed by atoms with E-state index in [4.69, 9.17) is 4.74 Å². The van der Waals surface area contributed by atoms with Crippen LogP contribution in [-0.2, 0) is 6.54 Å². The molecule has 1 aliphatic carbocycles. The molecule has 0 aromatic carbocycles. The van der Waals surface area contributed by atoms with Crippen molar-refractivity contribution >= 4 is 16.9 Å². The summed E-state index contributed by atoms with van der Waals surface area (Å²) in [6, 6.07) is 6.57. The Balaban J connectivity index is 0.00000141. The van der Waals surface area contributed by atoms with Gasteiger partial charge in [-0.15, -0.1) is 0 Å². The van der Waals surface area contributed by atoms with Gasteiger partial charge in [-0.25, -0.2) is 13.8 Å². The van der Waals surface area contributed by atoms with Crippen molar-refractivity contribution in [3.05, 3.63) is 63.8 Å². The first-order valence-corrected chi connectivity index (χ1v) is 11.9.